The SMILES string of the molecule is CCCCCOc1ccc(C=C(C#N)S(=O)(=O)c2ccccc2)cc1. The molecule has 0 unspecified atom stereocenters. The van der Waals surface area contributed by atoms with Crippen molar-refractivity contribution in [1.82, 2.24) is 0 Å². The third kappa shape index (κ3) is 5.20. The van der Waals surface area contributed by atoms with Crippen LogP contribution in [0.2, 0.25) is 0 Å². The van der Waals surface area contributed by atoms with E-state index in [9.17, 15) is 13.7 Å². The summed E-state index contributed by atoms with van der Waals surface area (Å²) in [5, 5.41) is 9.28. The normalized spacial score (nSPS) is 11.8. The van der Waals surface area contributed by atoms with Gasteiger partial charge in [0.2, 0.25) is 9.84 Å². The Kier molecular flexibility index (Phi) is 6.79. The van der Waals surface area contributed by atoms with E-state index < -0.39 is 9.84 Å². The smallest absolute Gasteiger partial charge is 0.216 e. The number of sulfone groups is 1. The highest BCUT2D eigenvalue weighted by Gasteiger charge is 2.20. The summed E-state index contributed by atoms with van der Waals surface area (Å²) in [5.41, 5.74) is 0.636. The van der Waals surface area contributed by atoms with E-state index in [1.165, 1.54) is 18.2 Å². The van der Waals surface area contributed by atoms with Crippen molar-refractivity contribution in [3.63, 3.8) is 0 Å². The van der Waals surface area contributed by atoms with Crippen LogP contribution in [0.3, 0.4) is 0 Å². The maximum Gasteiger partial charge on any atom is 0.216 e. The highest BCUT2D eigenvalue weighted by Crippen LogP contribution is 2.22. The summed E-state index contributed by atoms with van der Waals surface area (Å²) >= 11 is 0. The highest BCUT2D eigenvalue weighted by atomic mass is 32.2. The first-order valence-corrected chi connectivity index (χ1v) is 9.71. The molecule has 2 aromatic rings. The fourth-order valence-electron chi connectivity index (χ4n) is 2.25. The molecule has 0 aliphatic carbocycles. The number of allylic oxidation sites excluding steroid dienone is 1. The predicted molar refractivity (Wildman–Crippen MR) is 98.7 cm³/mol. The van der Waals surface area contributed by atoms with Crippen molar-refractivity contribution >= 4 is 15.9 Å². The van der Waals surface area contributed by atoms with Crippen LogP contribution in [0.5, 0.6) is 5.75 Å². The minimum atomic E-state index is -3.81. The number of nitriles is 1. The van der Waals surface area contributed by atoms with Gasteiger partial charge in [-0.1, -0.05) is 50.1 Å². The standard InChI is InChI=1S/C20H21NO3S/c1-2-3-7-14-24-18-12-10-17(11-13-18)15-20(16-21)25(22,23)19-8-5-4-6-9-19/h4-6,8-13,15H,2-3,7,14H2,1H3. The largest absolute Gasteiger partial charge is 0.494 e. The number of nitrogens with zero attached hydrogens (tertiary/aromatic N) is 1. The molecular formula is C20H21NO3S. The van der Waals surface area contributed by atoms with E-state index in [-0.39, 0.29) is 9.80 Å². The molecule has 0 saturated heterocycles. The first-order chi connectivity index (χ1) is 12.1. The molecule has 0 fully saturated rings. The highest BCUT2D eigenvalue weighted by molar-refractivity contribution is 7.95. The number of ether oxygens (including phenoxy) is 1. The van der Waals surface area contributed by atoms with E-state index in [0.29, 0.717) is 12.2 Å². The molecule has 4 nitrogen and oxygen atoms in total. The maximum atomic E-state index is 12.5. The third-order valence-electron chi connectivity index (χ3n) is 3.65. The van der Waals surface area contributed by atoms with Gasteiger partial charge in [-0.25, -0.2) is 8.42 Å². The van der Waals surface area contributed by atoms with Crippen LogP contribution in [-0.4, -0.2) is 15.0 Å². The Labute approximate surface area is 149 Å². The molecule has 0 aromatic heterocycles. The monoisotopic (exact) mass is 355 g/mol. The van der Waals surface area contributed by atoms with E-state index in [2.05, 4.69) is 6.92 Å². The molecule has 2 aromatic carbocycles. The van der Waals surface area contributed by atoms with Gasteiger partial charge in [0.05, 0.1) is 11.5 Å². The molecule has 0 radical (unpaired) electrons. The molecule has 0 N–H and O–H groups in total. The minimum absolute atomic E-state index is 0.110. The molecule has 25 heavy (non-hydrogen) atoms. The van der Waals surface area contributed by atoms with Crippen LogP contribution in [0.25, 0.3) is 6.08 Å². The molecule has 2 rings (SSSR count). The zero-order valence-corrected chi connectivity index (χ0v) is 15.0. The number of unbranched alkanes of at least 4 members (excludes halogenated alkanes) is 2. The fraction of sp³-hybridized carbons (Fsp3) is 0.250. The van der Waals surface area contributed by atoms with Gasteiger partial charge in [-0.05, 0) is 42.3 Å². The Bertz CT molecular complexity index is 848. The number of hydrogen-bond donors (Lipinski definition) is 0. The predicted octanol–water partition coefficient (Wildman–Crippen LogP) is 4.59. The van der Waals surface area contributed by atoms with Crippen LogP contribution in [0, 0.1) is 11.3 Å². The van der Waals surface area contributed by atoms with Gasteiger partial charge >= 0.3 is 0 Å². The van der Waals surface area contributed by atoms with E-state index in [1.54, 1.807) is 48.5 Å². The molecule has 0 atom stereocenters. The fourth-order valence-corrected chi connectivity index (χ4v) is 3.43. The van der Waals surface area contributed by atoms with E-state index in [0.717, 1.165) is 25.0 Å². The van der Waals surface area contributed by atoms with Crippen molar-refractivity contribution in [2.75, 3.05) is 6.61 Å². The molecule has 5 heteroatoms. The van der Waals surface area contributed by atoms with Gasteiger partial charge in [-0.2, -0.15) is 5.26 Å². The van der Waals surface area contributed by atoms with Crippen LogP contribution in [0.1, 0.15) is 31.7 Å². The summed E-state index contributed by atoms with van der Waals surface area (Å²) in [6.45, 7) is 2.80. The molecule has 0 aliphatic heterocycles. The van der Waals surface area contributed by atoms with Crippen molar-refractivity contribution in [2.45, 2.75) is 31.1 Å². The van der Waals surface area contributed by atoms with Gasteiger partial charge < -0.3 is 4.74 Å². The zero-order chi connectivity index (χ0) is 18.1. The van der Waals surface area contributed by atoms with Gasteiger partial charge in [-0.15, -0.1) is 0 Å². The lowest BCUT2D eigenvalue weighted by molar-refractivity contribution is 0.306. The Morgan fingerprint density at radius 3 is 2.36 bits per heavy atom. The van der Waals surface area contributed by atoms with Crippen molar-refractivity contribution in [1.29, 1.82) is 5.26 Å². The van der Waals surface area contributed by atoms with Gasteiger partial charge in [0.25, 0.3) is 0 Å². The average Bonchev–Trinajstić information content (AvgIpc) is 2.65. The molecule has 0 amide bonds. The summed E-state index contributed by atoms with van der Waals surface area (Å²) in [6.07, 6.45) is 4.65. The Morgan fingerprint density at radius 1 is 1.08 bits per heavy atom. The summed E-state index contributed by atoms with van der Waals surface area (Å²) in [7, 11) is -3.81. The van der Waals surface area contributed by atoms with Gasteiger partial charge in [0.1, 0.15) is 16.7 Å². The quantitative estimate of drug-likeness (QED) is 0.513. The van der Waals surface area contributed by atoms with Crippen molar-refractivity contribution < 1.29 is 13.2 Å². The van der Waals surface area contributed by atoms with Gasteiger partial charge in [0, 0.05) is 0 Å². The lowest BCUT2D eigenvalue weighted by atomic mass is 10.2. The lowest BCUT2D eigenvalue weighted by Crippen LogP contribution is -2.03. The lowest BCUT2D eigenvalue weighted by Gasteiger charge is -2.06. The second-order valence-electron chi connectivity index (χ2n) is 5.56. The summed E-state index contributed by atoms with van der Waals surface area (Å²) < 4.78 is 30.7. The Morgan fingerprint density at radius 2 is 1.76 bits per heavy atom. The molecule has 0 aliphatic rings. The van der Waals surface area contributed by atoms with E-state index in [1.807, 2.05) is 0 Å². The average molecular weight is 355 g/mol. The first kappa shape index (κ1) is 18.8. The minimum Gasteiger partial charge on any atom is -0.494 e. The molecule has 0 bridgehead atoms. The number of rotatable bonds is 8. The molecular weight excluding hydrogens is 334 g/mol. The van der Waals surface area contributed by atoms with E-state index >= 15 is 0 Å². The Hall–Kier alpha value is -2.58. The van der Waals surface area contributed by atoms with Crippen LogP contribution in [-0.2, 0) is 9.84 Å². The van der Waals surface area contributed by atoms with Crippen LogP contribution < -0.4 is 4.74 Å². The summed E-state index contributed by atoms with van der Waals surface area (Å²) in [6, 6.07) is 16.8. The van der Waals surface area contributed by atoms with Crippen LogP contribution in [0.4, 0.5) is 0 Å². The van der Waals surface area contributed by atoms with Crippen molar-refractivity contribution in [2.24, 2.45) is 0 Å². The van der Waals surface area contributed by atoms with Gasteiger partial charge in [-0.3, -0.25) is 0 Å². The molecule has 130 valence electrons. The first-order valence-electron chi connectivity index (χ1n) is 8.22. The second kappa shape index (κ2) is 9.05. The summed E-state index contributed by atoms with van der Waals surface area (Å²) in [4.78, 5) is -0.172. The second-order valence-corrected chi connectivity index (χ2v) is 7.48. The third-order valence-corrected chi connectivity index (χ3v) is 5.33. The molecule has 0 heterocycles. The van der Waals surface area contributed by atoms with Gasteiger partial charge in [0.15, 0.2) is 0 Å². The van der Waals surface area contributed by atoms with E-state index in [4.69, 9.17) is 4.74 Å². The maximum absolute atomic E-state index is 12.5. The Balaban J connectivity index is 2.16. The van der Waals surface area contributed by atoms with Crippen LogP contribution in [0.15, 0.2) is 64.4 Å². The summed E-state index contributed by atoms with van der Waals surface area (Å²) in [5.74, 6) is 0.734. The van der Waals surface area contributed by atoms with Crippen molar-refractivity contribution in [3.05, 3.63) is 65.1 Å². The van der Waals surface area contributed by atoms with Crippen LogP contribution >= 0.6 is 0 Å². The molecule has 0 spiro atoms. The zero-order valence-electron chi connectivity index (χ0n) is 14.2. The number of hydrogen-bond acceptors (Lipinski definition) is 4. The molecule has 0 saturated carbocycles. The topological polar surface area (TPSA) is 67.2 Å². The number of benzene rings is 2. The van der Waals surface area contributed by atoms with Crippen molar-refractivity contribution in [3.8, 4) is 11.8 Å².